The summed E-state index contributed by atoms with van der Waals surface area (Å²) in [7, 11) is -2.61. The number of rotatable bonds is 12. The van der Waals surface area contributed by atoms with Gasteiger partial charge in [0.05, 0.1) is 0 Å². The molecule has 1 atom stereocenters. The zero-order chi connectivity index (χ0) is 30.2. The maximum absolute atomic E-state index is 7.34. The van der Waals surface area contributed by atoms with E-state index in [0.717, 1.165) is 29.5 Å². The number of ether oxygens (including phenoxy) is 1. The Bertz CT molecular complexity index is 1380. The summed E-state index contributed by atoms with van der Waals surface area (Å²) in [4.78, 5) is 0. The van der Waals surface area contributed by atoms with Crippen molar-refractivity contribution in [3.05, 3.63) is 168 Å². The molecule has 0 aromatic heterocycles. The fourth-order valence-electron chi connectivity index (χ4n) is 6.42. The molecule has 0 spiro atoms. The fraction of sp³-hybridized carbons (Fsp3) is 0.250. The van der Waals surface area contributed by atoms with Crippen LogP contribution in [-0.4, -0.2) is 21.0 Å². The van der Waals surface area contributed by atoms with E-state index in [-0.39, 0.29) is 11.1 Å². The summed E-state index contributed by atoms with van der Waals surface area (Å²) in [6, 6.07) is 53.6. The molecule has 0 unspecified atom stereocenters. The monoisotopic (exact) mass is 584 g/mol. The van der Waals surface area contributed by atoms with Gasteiger partial charge in [0.2, 0.25) is 0 Å². The SMILES string of the molecule is C[C@@H](CCCOC(c1ccccc1)(c1ccccc1)c1ccccc1)O[Si](c1ccccc1)(c1ccccc1)C(C)(C)C. The second kappa shape index (κ2) is 13.7. The molecular weight excluding hydrogens is 541 g/mol. The van der Waals surface area contributed by atoms with Crippen molar-refractivity contribution >= 4 is 18.7 Å². The Balaban J connectivity index is 1.41. The third-order valence-corrected chi connectivity index (χ3v) is 13.6. The molecule has 0 N–H and O–H groups in total. The molecule has 5 rings (SSSR count). The fourth-order valence-corrected chi connectivity index (χ4v) is 11.2. The van der Waals surface area contributed by atoms with Gasteiger partial charge in [-0.25, -0.2) is 0 Å². The predicted octanol–water partition coefficient (Wildman–Crippen LogP) is 8.74. The van der Waals surface area contributed by atoms with E-state index in [4.69, 9.17) is 9.16 Å². The summed E-state index contributed by atoms with van der Waals surface area (Å²) < 4.78 is 14.4. The van der Waals surface area contributed by atoms with E-state index in [2.05, 4.69) is 179 Å². The third kappa shape index (κ3) is 6.45. The highest BCUT2D eigenvalue weighted by atomic mass is 28.4. The highest BCUT2D eigenvalue weighted by molar-refractivity contribution is 6.99. The highest BCUT2D eigenvalue weighted by Gasteiger charge is 2.51. The maximum Gasteiger partial charge on any atom is 0.261 e. The first kappa shape index (κ1) is 30.7. The summed E-state index contributed by atoms with van der Waals surface area (Å²) in [5.41, 5.74) is 2.68. The Morgan fingerprint density at radius 1 is 0.535 bits per heavy atom. The predicted molar refractivity (Wildman–Crippen MR) is 183 cm³/mol. The van der Waals surface area contributed by atoms with Crippen LogP contribution in [0.1, 0.15) is 57.2 Å². The van der Waals surface area contributed by atoms with Crippen molar-refractivity contribution in [3.63, 3.8) is 0 Å². The van der Waals surface area contributed by atoms with Gasteiger partial charge in [0.1, 0.15) is 5.60 Å². The zero-order valence-corrected chi connectivity index (χ0v) is 26.9. The minimum absolute atomic E-state index is 0.0520. The van der Waals surface area contributed by atoms with Crippen molar-refractivity contribution in [1.82, 2.24) is 0 Å². The average Bonchev–Trinajstić information content (AvgIpc) is 3.05. The Morgan fingerprint density at radius 2 is 0.884 bits per heavy atom. The molecule has 0 heterocycles. The van der Waals surface area contributed by atoms with Gasteiger partial charge in [-0.1, -0.05) is 172 Å². The first-order chi connectivity index (χ1) is 20.9. The number of hydrogen-bond acceptors (Lipinski definition) is 2. The normalized spacial score (nSPS) is 13.0. The molecule has 0 aliphatic heterocycles. The van der Waals surface area contributed by atoms with Gasteiger partial charge in [-0.3, -0.25) is 0 Å². The van der Waals surface area contributed by atoms with Crippen LogP contribution in [0.2, 0.25) is 5.04 Å². The van der Waals surface area contributed by atoms with Crippen LogP contribution in [0, 0.1) is 0 Å². The van der Waals surface area contributed by atoms with Gasteiger partial charge in [-0.2, -0.15) is 0 Å². The molecule has 43 heavy (non-hydrogen) atoms. The van der Waals surface area contributed by atoms with E-state index in [0.29, 0.717) is 6.61 Å². The average molecular weight is 585 g/mol. The molecule has 0 fully saturated rings. The lowest BCUT2D eigenvalue weighted by molar-refractivity contribution is 0.00728. The molecule has 0 aliphatic rings. The molecular formula is C40H44O2Si. The van der Waals surface area contributed by atoms with E-state index in [9.17, 15) is 0 Å². The molecule has 220 valence electrons. The Labute approximate surface area is 259 Å². The molecule has 3 heteroatoms. The summed E-state index contributed by atoms with van der Waals surface area (Å²) in [6.45, 7) is 9.85. The van der Waals surface area contributed by atoms with Crippen molar-refractivity contribution in [2.24, 2.45) is 0 Å². The van der Waals surface area contributed by atoms with Gasteiger partial charge in [0.25, 0.3) is 8.32 Å². The van der Waals surface area contributed by atoms with Crippen molar-refractivity contribution in [3.8, 4) is 0 Å². The van der Waals surface area contributed by atoms with Crippen LogP contribution in [-0.2, 0) is 14.8 Å². The summed E-state index contributed by atoms with van der Waals surface area (Å²) >= 11 is 0. The second-order valence-corrected chi connectivity index (χ2v) is 16.6. The van der Waals surface area contributed by atoms with Gasteiger partial charge < -0.3 is 9.16 Å². The molecule has 0 saturated heterocycles. The van der Waals surface area contributed by atoms with Crippen LogP contribution in [0.3, 0.4) is 0 Å². The van der Waals surface area contributed by atoms with Crippen LogP contribution in [0.25, 0.3) is 0 Å². The first-order valence-electron chi connectivity index (χ1n) is 15.5. The van der Waals surface area contributed by atoms with E-state index in [1.165, 1.54) is 10.4 Å². The Kier molecular flexibility index (Phi) is 9.77. The smallest absolute Gasteiger partial charge is 0.261 e. The van der Waals surface area contributed by atoms with E-state index < -0.39 is 13.9 Å². The van der Waals surface area contributed by atoms with Crippen LogP contribution in [0.15, 0.2) is 152 Å². The van der Waals surface area contributed by atoms with Gasteiger partial charge in [-0.05, 0) is 51.9 Å². The first-order valence-corrected chi connectivity index (χ1v) is 17.4. The number of hydrogen-bond donors (Lipinski definition) is 0. The zero-order valence-electron chi connectivity index (χ0n) is 25.9. The molecule has 0 amide bonds. The van der Waals surface area contributed by atoms with Gasteiger partial charge in [0.15, 0.2) is 0 Å². The van der Waals surface area contributed by atoms with E-state index >= 15 is 0 Å². The molecule has 0 radical (unpaired) electrons. The van der Waals surface area contributed by atoms with Crippen molar-refractivity contribution < 1.29 is 9.16 Å². The lowest BCUT2D eigenvalue weighted by atomic mass is 9.80. The van der Waals surface area contributed by atoms with Gasteiger partial charge >= 0.3 is 0 Å². The molecule has 0 saturated carbocycles. The lowest BCUT2D eigenvalue weighted by Crippen LogP contribution is -2.67. The Morgan fingerprint density at radius 3 is 1.23 bits per heavy atom. The quantitative estimate of drug-likeness (QED) is 0.0829. The van der Waals surface area contributed by atoms with Gasteiger partial charge in [-0.15, -0.1) is 0 Å². The van der Waals surface area contributed by atoms with Crippen molar-refractivity contribution in [2.45, 2.75) is 57.3 Å². The molecule has 2 nitrogen and oxygen atoms in total. The summed E-state index contributed by atoms with van der Waals surface area (Å²) in [5, 5.41) is 2.57. The minimum atomic E-state index is -2.61. The molecule has 0 bridgehead atoms. The Hall–Kier alpha value is -3.76. The van der Waals surface area contributed by atoms with Gasteiger partial charge in [0, 0.05) is 12.7 Å². The largest absolute Gasteiger partial charge is 0.405 e. The molecule has 5 aromatic carbocycles. The van der Waals surface area contributed by atoms with Crippen molar-refractivity contribution in [1.29, 1.82) is 0 Å². The van der Waals surface area contributed by atoms with Crippen LogP contribution in [0.5, 0.6) is 0 Å². The summed E-state index contributed by atoms with van der Waals surface area (Å²) in [5.74, 6) is 0. The maximum atomic E-state index is 7.34. The van der Waals surface area contributed by atoms with Crippen LogP contribution >= 0.6 is 0 Å². The lowest BCUT2D eigenvalue weighted by Gasteiger charge is -2.44. The third-order valence-electron chi connectivity index (χ3n) is 8.41. The minimum Gasteiger partial charge on any atom is -0.405 e. The van der Waals surface area contributed by atoms with Crippen LogP contribution < -0.4 is 10.4 Å². The molecule has 5 aromatic rings. The second-order valence-electron chi connectivity index (χ2n) is 12.4. The summed E-state index contributed by atoms with van der Waals surface area (Å²) in [6.07, 6.45) is 1.85. The standard InChI is InChI=1S/C40H44O2Si/c1-33(42-43(39(2,3)4,37-28-16-8-17-29-37)38-30-18-9-19-31-38)21-20-32-41-40(34-22-10-5-11-23-34,35-24-12-6-13-25-35)36-26-14-7-15-27-36/h5-19,22-31,33H,20-21,32H2,1-4H3/t33-/m0/s1. The van der Waals surface area contributed by atoms with E-state index in [1.54, 1.807) is 0 Å². The van der Waals surface area contributed by atoms with E-state index in [1.807, 2.05) is 0 Å². The van der Waals surface area contributed by atoms with Crippen LogP contribution in [0.4, 0.5) is 0 Å². The number of benzene rings is 5. The highest BCUT2D eigenvalue weighted by Crippen LogP contribution is 2.41. The topological polar surface area (TPSA) is 18.5 Å². The molecule has 0 aliphatic carbocycles. The van der Waals surface area contributed by atoms with Crippen molar-refractivity contribution in [2.75, 3.05) is 6.61 Å².